The average molecular weight is 449 g/mol. The van der Waals surface area contributed by atoms with E-state index in [1.165, 1.54) is 32.1 Å². The van der Waals surface area contributed by atoms with Crippen LogP contribution in [0.4, 0.5) is 0 Å². The van der Waals surface area contributed by atoms with Gasteiger partial charge in [-0.1, -0.05) is 0 Å². The van der Waals surface area contributed by atoms with Crippen LogP contribution >= 0.6 is 34.4 Å². The summed E-state index contributed by atoms with van der Waals surface area (Å²) in [6.07, 6.45) is 9.04. The molecule has 1 heterocycles. The molecule has 0 radical (unpaired) electrons. The summed E-state index contributed by atoms with van der Waals surface area (Å²) in [7, 11) is 0.272. The first-order chi connectivity index (χ1) is 11.1. The van der Waals surface area contributed by atoms with E-state index < -0.39 is 26.8 Å². The van der Waals surface area contributed by atoms with Crippen LogP contribution in [0.25, 0.3) is 0 Å². The predicted molar refractivity (Wildman–Crippen MR) is 145 cm³/mol. The molecule has 5 heteroatoms. The minimum absolute atomic E-state index is 0.272. The average Bonchev–Trinajstić information content (AvgIpc) is 2.41. The third kappa shape index (κ3) is 5.61. The van der Waals surface area contributed by atoms with E-state index in [1.54, 1.807) is 18.5 Å². The van der Waals surface area contributed by atoms with Gasteiger partial charge in [-0.2, -0.15) is 0 Å². The van der Waals surface area contributed by atoms with Gasteiger partial charge in [0.05, 0.1) is 0 Å². The van der Waals surface area contributed by atoms with Crippen LogP contribution in [0.3, 0.4) is 0 Å². The van der Waals surface area contributed by atoms with Crippen molar-refractivity contribution >= 4 is 34.4 Å². The van der Waals surface area contributed by atoms with Gasteiger partial charge in [0.2, 0.25) is 0 Å². The second-order valence-corrected chi connectivity index (χ2v) is 55.7. The Morgan fingerprint density at radius 1 is 0.880 bits per heavy atom. The van der Waals surface area contributed by atoms with E-state index in [0.717, 1.165) is 5.66 Å². The molecule has 2 unspecified atom stereocenters. The Hall–Kier alpha value is 2.15. The van der Waals surface area contributed by atoms with Crippen molar-refractivity contribution < 1.29 is 0 Å². The summed E-state index contributed by atoms with van der Waals surface area (Å²) in [5.41, 5.74) is 1.11. The van der Waals surface area contributed by atoms with Gasteiger partial charge in [-0.25, -0.2) is 0 Å². The van der Waals surface area contributed by atoms with Crippen LogP contribution in [0.15, 0.2) is 0 Å². The number of rotatable bonds is 6. The first-order valence-corrected chi connectivity index (χ1v) is 28.5. The molecule has 1 rings (SSSR count). The van der Waals surface area contributed by atoms with Gasteiger partial charge in [-0.05, 0) is 0 Å². The van der Waals surface area contributed by atoms with Crippen LogP contribution in [-0.2, 0) is 0 Å². The zero-order chi connectivity index (χ0) is 19.8. The van der Waals surface area contributed by atoms with Gasteiger partial charge in [0, 0.05) is 0 Å². The van der Waals surface area contributed by atoms with E-state index in [4.69, 9.17) is 0 Å². The quantitative estimate of drug-likeness (QED) is 0.285. The van der Waals surface area contributed by atoms with E-state index in [9.17, 15) is 0 Å². The first kappa shape index (κ1) is 25.2. The molecule has 0 nitrogen and oxygen atoms in total. The van der Waals surface area contributed by atoms with Crippen molar-refractivity contribution in [1.29, 1.82) is 0 Å². The number of hydrogen-bond acceptors (Lipinski definition) is 0. The minimum atomic E-state index is -1.50. The SMILES string of the molecule is CCCCCCCC1C[PH](C)(C)[PH](C)(C)P(C)(C)(C)C[PH](C)(C)P1C. The van der Waals surface area contributed by atoms with Crippen molar-refractivity contribution in [3.05, 3.63) is 0 Å². The second-order valence-electron chi connectivity index (χ2n) is 12.2. The molecular formula is C20H53P5. The molecule has 2 atom stereocenters. The Bertz CT molecular complexity index is 445. The molecular weight excluding hydrogens is 395 g/mol. The van der Waals surface area contributed by atoms with Crippen molar-refractivity contribution in [2.75, 3.05) is 78.7 Å². The van der Waals surface area contributed by atoms with Crippen LogP contribution in [0, 0.1) is 0 Å². The van der Waals surface area contributed by atoms with Crippen LogP contribution in [0.1, 0.15) is 45.4 Å². The summed E-state index contributed by atoms with van der Waals surface area (Å²) >= 11 is 0. The normalized spacial score (nSPS) is 38.1. The molecule has 1 aliphatic heterocycles. The molecule has 0 bridgehead atoms. The summed E-state index contributed by atoms with van der Waals surface area (Å²) in [4.78, 5) is 0. The van der Waals surface area contributed by atoms with Crippen molar-refractivity contribution in [2.24, 2.45) is 0 Å². The van der Waals surface area contributed by atoms with Crippen molar-refractivity contribution in [3.8, 4) is 0 Å². The first-order valence-electron chi connectivity index (χ1n) is 10.8. The number of unbranched alkanes of at least 4 members (excludes halogenated alkanes) is 4. The van der Waals surface area contributed by atoms with Gasteiger partial charge in [-0.15, -0.1) is 0 Å². The Kier molecular flexibility index (Phi) is 8.55. The summed E-state index contributed by atoms with van der Waals surface area (Å²) in [5, 5.41) is 0. The summed E-state index contributed by atoms with van der Waals surface area (Å²) < 4.78 is 0. The Labute approximate surface area is 164 Å². The third-order valence-corrected chi connectivity index (χ3v) is 74.3. The van der Waals surface area contributed by atoms with E-state index in [2.05, 4.69) is 73.6 Å². The monoisotopic (exact) mass is 448 g/mol. The van der Waals surface area contributed by atoms with Crippen LogP contribution in [0.2, 0.25) is 0 Å². The molecule has 158 valence electrons. The number of hydrogen-bond donors (Lipinski definition) is 0. The van der Waals surface area contributed by atoms with E-state index >= 15 is 0 Å². The van der Waals surface area contributed by atoms with Crippen molar-refractivity contribution in [2.45, 2.75) is 51.1 Å². The molecule has 1 saturated heterocycles. The van der Waals surface area contributed by atoms with Crippen LogP contribution in [0.5, 0.6) is 0 Å². The fourth-order valence-corrected chi connectivity index (χ4v) is 78.6. The molecule has 0 N–H and O–H groups in total. The topological polar surface area (TPSA) is 0 Å². The fourth-order valence-electron chi connectivity index (χ4n) is 5.53. The molecule has 0 amide bonds. The Balaban J connectivity index is 3.08. The summed E-state index contributed by atoms with van der Waals surface area (Å²) in [6.45, 7) is 27.0. The van der Waals surface area contributed by atoms with Gasteiger partial charge in [-0.3, -0.25) is 0 Å². The molecule has 0 spiro atoms. The Morgan fingerprint density at radius 3 is 1.92 bits per heavy atom. The van der Waals surface area contributed by atoms with Crippen molar-refractivity contribution in [1.82, 2.24) is 0 Å². The van der Waals surface area contributed by atoms with Crippen LogP contribution < -0.4 is 0 Å². The predicted octanol–water partition coefficient (Wildman–Crippen LogP) is 8.01. The molecule has 0 aromatic carbocycles. The Morgan fingerprint density at radius 2 is 1.40 bits per heavy atom. The van der Waals surface area contributed by atoms with E-state index in [1.807, 2.05) is 0 Å². The molecule has 1 aliphatic rings. The maximum absolute atomic E-state index is 2.84. The van der Waals surface area contributed by atoms with Gasteiger partial charge < -0.3 is 0 Å². The fraction of sp³-hybridized carbons (Fsp3) is 1.00. The molecule has 0 aromatic rings. The van der Waals surface area contributed by atoms with Crippen molar-refractivity contribution in [3.63, 3.8) is 0 Å². The molecule has 0 aliphatic carbocycles. The summed E-state index contributed by atoms with van der Waals surface area (Å²) in [6, 6.07) is 0. The summed E-state index contributed by atoms with van der Waals surface area (Å²) in [5.74, 6) is 1.70. The molecule has 0 aromatic heterocycles. The molecule has 0 saturated carbocycles. The van der Waals surface area contributed by atoms with Gasteiger partial charge >= 0.3 is 164 Å². The van der Waals surface area contributed by atoms with Crippen LogP contribution in [-0.4, -0.2) is 84.4 Å². The van der Waals surface area contributed by atoms with E-state index in [-0.39, 0.29) is 7.61 Å². The van der Waals surface area contributed by atoms with Gasteiger partial charge in [0.15, 0.2) is 0 Å². The van der Waals surface area contributed by atoms with E-state index in [0.29, 0.717) is 0 Å². The zero-order valence-corrected chi connectivity index (χ0v) is 24.4. The zero-order valence-electron chi connectivity index (χ0n) is 19.6. The third-order valence-electron chi connectivity index (χ3n) is 8.56. The molecule has 1 fully saturated rings. The maximum atomic E-state index is 2.84. The van der Waals surface area contributed by atoms with Gasteiger partial charge in [0.25, 0.3) is 0 Å². The van der Waals surface area contributed by atoms with Gasteiger partial charge in [0.1, 0.15) is 0 Å². The standard InChI is InChI=1S/C20H53P5/c1-12-13-14-15-16-17-20-18-23(5,6)24(7,8)25(9,10,11)19-22(3,4)21(20)2/h20,22-24H,12-19H2,1-11H3. The molecule has 25 heavy (non-hydrogen) atoms. The second kappa shape index (κ2) is 8.49.